The van der Waals surface area contributed by atoms with Gasteiger partial charge in [-0.15, -0.1) is 12.4 Å². The van der Waals surface area contributed by atoms with Crippen LogP contribution in [0, 0.1) is 5.92 Å². The number of nitrogens with zero attached hydrogens (tertiary/aromatic N) is 3. The minimum absolute atomic E-state index is 0. The first-order chi connectivity index (χ1) is 11.2. The molecule has 3 heterocycles. The maximum Gasteiger partial charge on any atom is 0.226 e. The van der Waals surface area contributed by atoms with Crippen molar-refractivity contribution in [3.05, 3.63) is 0 Å². The monoisotopic (exact) mass is 358 g/mol. The molecule has 3 saturated heterocycles. The molecular weight excluding hydrogens is 328 g/mol. The molecule has 24 heavy (non-hydrogen) atoms. The van der Waals surface area contributed by atoms with E-state index in [-0.39, 0.29) is 24.2 Å². The topological polar surface area (TPSA) is 55.9 Å². The number of nitrogens with one attached hydrogen (secondary N) is 1. The van der Waals surface area contributed by atoms with Crippen LogP contribution in [0.15, 0.2) is 0 Å². The Kier molecular flexibility index (Phi) is 7.78. The summed E-state index contributed by atoms with van der Waals surface area (Å²) >= 11 is 0. The lowest BCUT2D eigenvalue weighted by atomic mass is 9.96. The van der Waals surface area contributed by atoms with Gasteiger partial charge in [-0.3, -0.25) is 9.59 Å². The predicted octanol–water partition coefficient (Wildman–Crippen LogP) is 0.565. The first-order valence-corrected chi connectivity index (χ1v) is 9.23. The molecule has 0 aromatic carbocycles. The molecule has 3 fully saturated rings. The lowest BCUT2D eigenvalue weighted by molar-refractivity contribution is -0.136. The van der Waals surface area contributed by atoms with Gasteiger partial charge >= 0.3 is 0 Å². The van der Waals surface area contributed by atoms with Crippen LogP contribution < -0.4 is 5.32 Å². The summed E-state index contributed by atoms with van der Waals surface area (Å²) < 4.78 is 0. The molecule has 1 atom stereocenters. The molecule has 2 amide bonds. The second kappa shape index (κ2) is 9.59. The summed E-state index contributed by atoms with van der Waals surface area (Å²) in [5, 5.41) is 3.27. The zero-order valence-corrected chi connectivity index (χ0v) is 15.4. The molecule has 3 aliphatic heterocycles. The zero-order valence-electron chi connectivity index (χ0n) is 14.5. The minimum Gasteiger partial charge on any atom is -0.342 e. The molecule has 0 spiro atoms. The molecule has 0 aromatic heterocycles. The smallest absolute Gasteiger partial charge is 0.226 e. The molecule has 7 heteroatoms. The predicted molar refractivity (Wildman–Crippen MR) is 96.3 cm³/mol. The number of carbonyl (C=O) groups excluding carboxylic acids is 2. The minimum atomic E-state index is 0. The quantitative estimate of drug-likeness (QED) is 0.798. The van der Waals surface area contributed by atoms with E-state index in [1.54, 1.807) is 0 Å². The number of amides is 2. The Labute approximate surface area is 151 Å². The Bertz CT molecular complexity index is 423. The first kappa shape index (κ1) is 19.5. The fourth-order valence-corrected chi connectivity index (χ4v) is 3.98. The number of hydrogen-bond donors (Lipinski definition) is 1. The van der Waals surface area contributed by atoms with Crippen molar-refractivity contribution in [3.8, 4) is 0 Å². The molecule has 3 rings (SSSR count). The molecule has 0 saturated carbocycles. The molecular formula is C17H31ClN4O2. The lowest BCUT2D eigenvalue weighted by Gasteiger charge is -2.34. The van der Waals surface area contributed by atoms with E-state index >= 15 is 0 Å². The fourth-order valence-electron chi connectivity index (χ4n) is 3.98. The van der Waals surface area contributed by atoms with Crippen LogP contribution in [-0.2, 0) is 9.59 Å². The Morgan fingerprint density at radius 3 is 2.33 bits per heavy atom. The Balaban J connectivity index is 0.00000208. The summed E-state index contributed by atoms with van der Waals surface area (Å²) in [4.78, 5) is 31.1. The third-order valence-corrected chi connectivity index (χ3v) is 5.38. The van der Waals surface area contributed by atoms with E-state index in [1.165, 1.54) is 0 Å². The highest BCUT2D eigenvalue weighted by atomic mass is 35.5. The highest BCUT2D eigenvalue weighted by Crippen LogP contribution is 2.21. The van der Waals surface area contributed by atoms with Gasteiger partial charge < -0.3 is 20.0 Å². The SMILES string of the molecule is Cl.O=C(CCN1CCCC(C(=O)N2CCCC2)C1)N1CCNCC1. The van der Waals surface area contributed by atoms with Crippen molar-refractivity contribution in [2.75, 3.05) is 58.9 Å². The van der Waals surface area contributed by atoms with Gasteiger partial charge in [-0.05, 0) is 32.2 Å². The van der Waals surface area contributed by atoms with Crippen molar-refractivity contribution in [3.63, 3.8) is 0 Å². The highest BCUT2D eigenvalue weighted by Gasteiger charge is 2.30. The third-order valence-electron chi connectivity index (χ3n) is 5.38. The highest BCUT2D eigenvalue weighted by molar-refractivity contribution is 5.85. The van der Waals surface area contributed by atoms with E-state index in [1.807, 2.05) is 9.80 Å². The molecule has 0 aliphatic carbocycles. The van der Waals surface area contributed by atoms with Gasteiger partial charge in [-0.1, -0.05) is 0 Å². The van der Waals surface area contributed by atoms with Crippen LogP contribution >= 0.6 is 12.4 Å². The van der Waals surface area contributed by atoms with Crippen molar-refractivity contribution in [1.29, 1.82) is 0 Å². The first-order valence-electron chi connectivity index (χ1n) is 9.23. The number of likely N-dealkylation sites (tertiary alicyclic amines) is 2. The van der Waals surface area contributed by atoms with E-state index in [0.29, 0.717) is 12.3 Å². The van der Waals surface area contributed by atoms with Gasteiger partial charge in [0.15, 0.2) is 0 Å². The number of halogens is 1. The van der Waals surface area contributed by atoms with Crippen molar-refractivity contribution in [1.82, 2.24) is 20.0 Å². The van der Waals surface area contributed by atoms with Crippen LogP contribution in [0.5, 0.6) is 0 Å². The van der Waals surface area contributed by atoms with Crippen molar-refractivity contribution >= 4 is 24.2 Å². The number of hydrogen-bond acceptors (Lipinski definition) is 4. The number of piperidine rings is 1. The van der Waals surface area contributed by atoms with Gasteiger partial charge in [0.2, 0.25) is 11.8 Å². The standard InChI is InChI=1S/C17H30N4O2.ClH/c22-16(20-12-6-18-7-13-20)5-11-19-8-3-4-15(14-19)17(23)21-9-1-2-10-21;/h15,18H,1-14H2;1H. The van der Waals surface area contributed by atoms with E-state index in [2.05, 4.69) is 10.2 Å². The van der Waals surface area contributed by atoms with Gasteiger partial charge in [-0.2, -0.15) is 0 Å². The van der Waals surface area contributed by atoms with E-state index in [9.17, 15) is 9.59 Å². The number of rotatable bonds is 4. The zero-order chi connectivity index (χ0) is 16.1. The lowest BCUT2D eigenvalue weighted by Crippen LogP contribution is -2.48. The van der Waals surface area contributed by atoms with E-state index in [4.69, 9.17) is 0 Å². The number of piperazine rings is 1. The van der Waals surface area contributed by atoms with Gasteiger partial charge in [-0.25, -0.2) is 0 Å². The molecule has 0 radical (unpaired) electrons. The molecule has 138 valence electrons. The van der Waals surface area contributed by atoms with E-state index < -0.39 is 0 Å². The number of carbonyl (C=O) groups is 2. The molecule has 1 N–H and O–H groups in total. The largest absolute Gasteiger partial charge is 0.342 e. The third kappa shape index (κ3) is 5.07. The van der Waals surface area contributed by atoms with Crippen LogP contribution in [0.4, 0.5) is 0 Å². The van der Waals surface area contributed by atoms with Gasteiger partial charge in [0.05, 0.1) is 5.92 Å². The van der Waals surface area contributed by atoms with Crippen LogP contribution in [0.25, 0.3) is 0 Å². The summed E-state index contributed by atoms with van der Waals surface area (Å²) in [5.74, 6) is 0.760. The molecule has 6 nitrogen and oxygen atoms in total. The van der Waals surface area contributed by atoms with E-state index in [0.717, 1.165) is 84.6 Å². The normalized spacial score (nSPS) is 25.4. The van der Waals surface area contributed by atoms with Crippen molar-refractivity contribution in [2.24, 2.45) is 5.92 Å². The summed E-state index contributed by atoms with van der Waals surface area (Å²) in [6, 6.07) is 0. The van der Waals surface area contributed by atoms with Crippen molar-refractivity contribution in [2.45, 2.75) is 32.1 Å². The molecule has 1 unspecified atom stereocenters. The Morgan fingerprint density at radius 2 is 1.62 bits per heavy atom. The second-order valence-corrected chi connectivity index (χ2v) is 7.05. The summed E-state index contributed by atoms with van der Waals surface area (Å²) in [5.41, 5.74) is 0. The average Bonchev–Trinajstić information content (AvgIpc) is 3.14. The maximum atomic E-state index is 12.5. The van der Waals surface area contributed by atoms with Crippen molar-refractivity contribution < 1.29 is 9.59 Å². The summed E-state index contributed by atoms with van der Waals surface area (Å²) in [7, 11) is 0. The molecule has 3 aliphatic rings. The Morgan fingerprint density at radius 1 is 0.917 bits per heavy atom. The summed E-state index contributed by atoms with van der Waals surface area (Å²) in [6.45, 7) is 8.01. The van der Waals surface area contributed by atoms with Crippen LogP contribution in [0.2, 0.25) is 0 Å². The van der Waals surface area contributed by atoms with Gasteiger partial charge in [0, 0.05) is 58.8 Å². The maximum absolute atomic E-state index is 12.5. The van der Waals surface area contributed by atoms with Crippen LogP contribution in [0.1, 0.15) is 32.1 Å². The average molecular weight is 359 g/mol. The van der Waals surface area contributed by atoms with Gasteiger partial charge in [0.25, 0.3) is 0 Å². The van der Waals surface area contributed by atoms with Crippen LogP contribution in [0.3, 0.4) is 0 Å². The Hall–Kier alpha value is -0.850. The van der Waals surface area contributed by atoms with Gasteiger partial charge in [0.1, 0.15) is 0 Å². The second-order valence-electron chi connectivity index (χ2n) is 7.05. The molecule has 0 aromatic rings. The summed E-state index contributed by atoms with van der Waals surface area (Å²) in [6.07, 6.45) is 4.98. The fraction of sp³-hybridized carbons (Fsp3) is 0.882. The van der Waals surface area contributed by atoms with Crippen LogP contribution in [-0.4, -0.2) is 85.4 Å². The molecule has 0 bridgehead atoms.